The molecule has 0 bridgehead atoms. The van der Waals surface area contributed by atoms with Crippen molar-refractivity contribution in [2.75, 3.05) is 13.6 Å². The van der Waals surface area contributed by atoms with E-state index in [1.165, 1.54) is 5.56 Å². The molecule has 0 aliphatic heterocycles. The number of hydrogen-bond donors (Lipinski definition) is 0. The highest BCUT2D eigenvalue weighted by Gasteiger charge is 2.12. The predicted octanol–water partition coefficient (Wildman–Crippen LogP) is 3.90. The third-order valence-corrected chi connectivity index (χ3v) is 3.10. The van der Waals surface area contributed by atoms with E-state index in [9.17, 15) is 0 Å². The molecule has 0 aromatic heterocycles. The average molecular weight is 261 g/mol. The smallest absolute Gasteiger partial charge is 0.0974 e. The molecule has 2 aromatic carbocycles. The second kappa shape index (κ2) is 7.33. The Bertz CT molecular complexity index is 590. The third-order valence-electron chi connectivity index (χ3n) is 3.10. The first kappa shape index (κ1) is 14.1. The Hall–Kier alpha value is -2.30. The molecule has 1 atom stereocenters. The van der Waals surface area contributed by atoms with Crippen molar-refractivity contribution in [3.8, 4) is 11.8 Å². The van der Waals surface area contributed by atoms with Gasteiger partial charge < -0.3 is 0 Å². The van der Waals surface area contributed by atoms with Crippen molar-refractivity contribution in [2.45, 2.75) is 6.04 Å². The second-order valence-electron chi connectivity index (χ2n) is 4.68. The summed E-state index contributed by atoms with van der Waals surface area (Å²) in [4.78, 5) is 2.19. The van der Waals surface area contributed by atoms with Gasteiger partial charge in [0.25, 0.3) is 0 Å². The Morgan fingerprint density at radius 2 is 1.65 bits per heavy atom. The van der Waals surface area contributed by atoms with Gasteiger partial charge in [0.1, 0.15) is 0 Å². The molecule has 0 aliphatic rings. The van der Waals surface area contributed by atoms with Gasteiger partial charge in [-0.1, -0.05) is 66.4 Å². The Morgan fingerprint density at radius 1 is 1.05 bits per heavy atom. The summed E-state index contributed by atoms with van der Waals surface area (Å²) in [6, 6.07) is 20.5. The molecule has 100 valence electrons. The van der Waals surface area contributed by atoms with Crippen LogP contribution in [0.25, 0.3) is 0 Å². The minimum absolute atomic E-state index is 0.0782. The highest BCUT2D eigenvalue weighted by atomic mass is 15.1. The first-order valence-corrected chi connectivity index (χ1v) is 6.74. The van der Waals surface area contributed by atoms with Crippen LogP contribution < -0.4 is 0 Å². The van der Waals surface area contributed by atoms with Crippen molar-refractivity contribution < 1.29 is 0 Å². The standard InChI is InChI=1S/C19H19N/c1-3-16-20(2)19(18-12-8-5-9-13-18)15-14-17-10-6-4-7-11-17/h3-13,19H,1,16H2,2H3. The summed E-state index contributed by atoms with van der Waals surface area (Å²) < 4.78 is 0. The number of hydrogen-bond acceptors (Lipinski definition) is 1. The molecular weight excluding hydrogens is 242 g/mol. The van der Waals surface area contributed by atoms with E-state index in [1.807, 2.05) is 54.6 Å². The molecule has 0 radical (unpaired) electrons. The van der Waals surface area contributed by atoms with Crippen LogP contribution in [0.4, 0.5) is 0 Å². The molecule has 1 heteroatoms. The zero-order valence-corrected chi connectivity index (χ0v) is 11.8. The van der Waals surface area contributed by atoms with Gasteiger partial charge in [0.05, 0.1) is 6.04 Å². The molecule has 0 saturated carbocycles. The van der Waals surface area contributed by atoms with Crippen molar-refractivity contribution in [1.29, 1.82) is 0 Å². The quantitative estimate of drug-likeness (QED) is 0.596. The minimum atomic E-state index is 0.0782. The van der Waals surface area contributed by atoms with Crippen LogP contribution in [0, 0.1) is 11.8 Å². The van der Waals surface area contributed by atoms with Gasteiger partial charge >= 0.3 is 0 Å². The van der Waals surface area contributed by atoms with E-state index in [2.05, 4.69) is 42.5 Å². The highest BCUT2D eigenvalue weighted by molar-refractivity contribution is 5.37. The van der Waals surface area contributed by atoms with Crippen molar-refractivity contribution in [3.63, 3.8) is 0 Å². The van der Waals surface area contributed by atoms with Gasteiger partial charge in [-0.3, -0.25) is 4.90 Å². The number of nitrogens with zero attached hydrogens (tertiary/aromatic N) is 1. The topological polar surface area (TPSA) is 3.24 Å². The lowest BCUT2D eigenvalue weighted by Crippen LogP contribution is -2.23. The van der Waals surface area contributed by atoms with Gasteiger partial charge in [-0.05, 0) is 24.7 Å². The lowest BCUT2D eigenvalue weighted by Gasteiger charge is -2.22. The predicted molar refractivity (Wildman–Crippen MR) is 85.3 cm³/mol. The molecule has 0 heterocycles. The van der Waals surface area contributed by atoms with Gasteiger partial charge in [0.2, 0.25) is 0 Å². The molecule has 2 aromatic rings. The third kappa shape index (κ3) is 3.85. The molecule has 0 fully saturated rings. The van der Waals surface area contributed by atoms with E-state index >= 15 is 0 Å². The van der Waals surface area contributed by atoms with E-state index in [-0.39, 0.29) is 6.04 Å². The first-order valence-electron chi connectivity index (χ1n) is 6.74. The molecule has 20 heavy (non-hydrogen) atoms. The van der Waals surface area contributed by atoms with Crippen LogP contribution in [0.5, 0.6) is 0 Å². The van der Waals surface area contributed by atoms with Gasteiger partial charge in [0.15, 0.2) is 0 Å². The van der Waals surface area contributed by atoms with Crippen LogP contribution in [0.3, 0.4) is 0 Å². The fourth-order valence-electron chi connectivity index (χ4n) is 2.07. The maximum absolute atomic E-state index is 3.81. The fraction of sp³-hybridized carbons (Fsp3) is 0.158. The zero-order chi connectivity index (χ0) is 14.2. The van der Waals surface area contributed by atoms with E-state index in [1.54, 1.807) is 0 Å². The summed E-state index contributed by atoms with van der Waals surface area (Å²) >= 11 is 0. The zero-order valence-electron chi connectivity index (χ0n) is 11.8. The Morgan fingerprint density at radius 3 is 2.25 bits per heavy atom. The number of benzene rings is 2. The first-order chi connectivity index (χ1) is 9.81. The van der Waals surface area contributed by atoms with Crippen LogP contribution in [0.15, 0.2) is 73.3 Å². The lowest BCUT2D eigenvalue weighted by molar-refractivity contribution is 0.326. The fourth-order valence-corrected chi connectivity index (χ4v) is 2.07. The Labute approximate surface area is 121 Å². The maximum atomic E-state index is 3.81. The highest BCUT2D eigenvalue weighted by Crippen LogP contribution is 2.18. The number of likely N-dealkylation sites (N-methyl/N-ethyl adjacent to an activating group) is 1. The molecule has 0 aliphatic carbocycles. The van der Waals surface area contributed by atoms with Crippen molar-refractivity contribution in [3.05, 3.63) is 84.4 Å². The van der Waals surface area contributed by atoms with E-state index in [4.69, 9.17) is 0 Å². The van der Waals surface area contributed by atoms with E-state index in [0.717, 1.165) is 12.1 Å². The van der Waals surface area contributed by atoms with Gasteiger partial charge in [-0.2, -0.15) is 0 Å². The minimum Gasteiger partial charge on any atom is -0.286 e. The second-order valence-corrected chi connectivity index (χ2v) is 4.68. The normalized spacial score (nSPS) is 11.5. The maximum Gasteiger partial charge on any atom is 0.0974 e. The van der Waals surface area contributed by atoms with Crippen LogP contribution >= 0.6 is 0 Å². The summed E-state index contributed by atoms with van der Waals surface area (Å²) in [6.45, 7) is 4.61. The van der Waals surface area contributed by atoms with Gasteiger partial charge in [-0.15, -0.1) is 6.58 Å². The Kier molecular flexibility index (Phi) is 5.17. The van der Waals surface area contributed by atoms with E-state index in [0.29, 0.717) is 0 Å². The summed E-state index contributed by atoms with van der Waals surface area (Å²) in [5, 5.41) is 0. The van der Waals surface area contributed by atoms with Crippen molar-refractivity contribution >= 4 is 0 Å². The molecule has 0 amide bonds. The molecule has 0 N–H and O–H groups in total. The molecule has 1 nitrogen and oxygen atoms in total. The van der Waals surface area contributed by atoms with E-state index < -0.39 is 0 Å². The molecule has 2 rings (SSSR count). The van der Waals surface area contributed by atoms with Crippen LogP contribution in [-0.4, -0.2) is 18.5 Å². The molecule has 0 saturated heterocycles. The van der Waals surface area contributed by atoms with Crippen LogP contribution in [0.1, 0.15) is 17.2 Å². The van der Waals surface area contributed by atoms with Crippen LogP contribution in [-0.2, 0) is 0 Å². The average Bonchev–Trinajstić information content (AvgIpc) is 2.50. The monoisotopic (exact) mass is 261 g/mol. The summed E-state index contributed by atoms with van der Waals surface area (Å²) in [6.07, 6.45) is 1.90. The molecular formula is C19H19N. The SMILES string of the molecule is C=CCN(C)C(C#Cc1ccccc1)c1ccccc1. The largest absolute Gasteiger partial charge is 0.286 e. The van der Waals surface area contributed by atoms with Gasteiger partial charge in [-0.25, -0.2) is 0 Å². The molecule has 1 unspecified atom stereocenters. The number of rotatable bonds is 4. The summed E-state index contributed by atoms with van der Waals surface area (Å²) in [7, 11) is 2.07. The Balaban J connectivity index is 2.28. The summed E-state index contributed by atoms with van der Waals surface area (Å²) in [5.41, 5.74) is 2.25. The summed E-state index contributed by atoms with van der Waals surface area (Å²) in [5.74, 6) is 6.62. The van der Waals surface area contributed by atoms with Crippen LogP contribution in [0.2, 0.25) is 0 Å². The van der Waals surface area contributed by atoms with Crippen molar-refractivity contribution in [2.24, 2.45) is 0 Å². The molecule has 0 spiro atoms. The lowest BCUT2D eigenvalue weighted by atomic mass is 10.1. The van der Waals surface area contributed by atoms with Gasteiger partial charge in [0, 0.05) is 12.1 Å². The van der Waals surface area contributed by atoms with Crippen molar-refractivity contribution in [1.82, 2.24) is 4.90 Å².